The molecule has 2 atom stereocenters. The van der Waals surface area contributed by atoms with Gasteiger partial charge in [-0.15, -0.1) is 0 Å². The molecule has 2 N–H and O–H groups in total. The maximum absolute atomic E-state index is 11.5. The first kappa shape index (κ1) is 20.5. The molecular formula is C26H21BrN2O3. The zero-order valence-electron chi connectivity index (χ0n) is 17.3. The molecule has 0 spiro atoms. The Morgan fingerprint density at radius 1 is 1.03 bits per heavy atom. The number of halogens is 1. The summed E-state index contributed by atoms with van der Waals surface area (Å²) in [5.41, 5.74) is 5.40. The van der Waals surface area contributed by atoms with Crippen LogP contribution in [0.2, 0.25) is 0 Å². The van der Waals surface area contributed by atoms with Gasteiger partial charge < -0.3 is 19.8 Å². The minimum absolute atomic E-state index is 0.144. The van der Waals surface area contributed by atoms with Crippen molar-refractivity contribution in [2.24, 2.45) is 0 Å². The van der Waals surface area contributed by atoms with Gasteiger partial charge in [0.15, 0.2) is 6.23 Å². The summed E-state index contributed by atoms with van der Waals surface area (Å²) in [7, 11) is 1.70. The molecule has 0 saturated heterocycles. The summed E-state index contributed by atoms with van der Waals surface area (Å²) in [6.07, 6.45) is 1.88. The Labute approximate surface area is 193 Å². The molecule has 0 fully saturated rings. The molecule has 0 bridgehead atoms. The monoisotopic (exact) mass is 488 g/mol. The van der Waals surface area contributed by atoms with Gasteiger partial charge in [-0.25, -0.2) is 4.79 Å². The Balaban J connectivity index is 1.60. The number of ether oxygens (including phenoxy) is 1. The molecule has 4 aromatic rings. The summed E-state index contributed by atoms with van der Waals surface area (Å²) >= 11 is 3.57. The molecule has 0 radical (unpaired) electrons. The summed E-state index contributed by atoms with van der Waals surface area (Å²) < 4.78 is 12.1. The average Bonchev–Trinajstić information content (AvgIpc) is 2.82. The van der Waals surface area contributed by atoms with Crippen LogP contribution in [-0.4, -0.2) is 13.3 Å². The molecule has 0 saturated carbocycles. The second-order valence-corrected chi connectivity index (χ2v) is 8.55. The van der Waals surface area contributed by atoms with Crippen LogP contribution in [0, 0.1) is 0 Å². The van der Waals surface area contributed by atoms with E-state index in [9.17, 15) is 4.79 Å². The van der Waals surface area contributed by atoms with Crippen molar-refractivity contribution >= 4 is 44.3 Å². The van der Waals surface area contributed by atoms with Crippen LogP contribution in [-0.2, 0) is 4.74 Å². The largest absolute Gasteiger partial charge is 0.423 e. The lowest BCUT2D eigenvalue weighted by molar-refractivity contribution is 0.149. The molecule has 0 aliphatic carbocycles. The number of rotatable bonds is 5. The van der Waals surface area contributed by atoms with Gasteiger partial charge in [0.1, 0.15) is 5.58 Å². The van der Waals surface area contributed by atoms with Gasteiger partial charge in [-0.2, -0.15) is 0 Å². The van der Waals surface area contributed by atoms with E-state index in [1.165, 1.54) is 6.07 Å². The highest BCUT2D eigenvalue weighted by Gasteiger charge is 2.28. The molecule has 1 aliphatic heterocycles. The van der Waals surface area contributed by atoms with Crippen molar-refractivity contribution in [3.05, 3.63) is 110 Å². The Morgan fingerprint density at radius 3 is 2.69 bits per heavy atom. The first-order valence-corrected chi connectivity index (χ1v) is 11.1. The van der Waals surface area contributed by atoms with Crippen LogP contribution < -0.4 is 16.3 Å². The average molecular weight is 489 g/mol. The minimum Gasteiger partial charge on any atom is -0.423 e. The van der Waals surface area contributed by atoms with E-state index in [1.807, 2.05) is 48.5 Å². The van der Waals surface area contributed by atoms with Gasteiger partial charge in [0.25, 0.3) is 0 Å². The number of anilines is 2. The Morgan fingerprint density at radius 2 is 1.88 bits per heavy atom. The number of benzene rings is 3. The molecule has 3 aromatic carbocycles. The van der Waals surface area contributed by atoms with Crippen LogP contribution in [0.25, 0.3) is 17.0 Å². The van der Waals surface area contributed by atoms with Crippen LogP contribution in [0.3, 0.4) is 0 Å². The van der Waals surface area contributed by atoms with E-state index in [1.54, 1.807) is 13.2 Å². The number of hydrogen-bond donors (Lipinski definition) is 2. The van der Waals surface area contributed by atoms with Crippen LogP contribution in [0.15, 0.2) is 98.1 Å². The van der Waals surface area contributed by atoms with Crippen molar-refractivity contribution in [2.75, 3.05) is 17.7 Å². The predicted octanol–water partition coefficient (Wildman–Crippen LogP) is 6.19. The predicted molar refractivity (Wildman–Crippen MR) is 132 cm³/mol. The highest BCUT2D eigenvalue weighted by Crippen LogP contribution is 2.37. The minimum atomic E-state index is -0.355. The van der Waals surface area contributed by atoms with Crippen molar-refractivity contribution in [1.82, 2.24) is 0 Å². The van der Waals surface area contributed by atoms with Crippen LogP contribution >= 0.6 is 15.9 Å². The van der Waals surface area contributed by atoms with E-state index in [2.05, 4.69) is 50.8 Å². The standard InChI is InChI=1S/C26H21BrN2O3/c1-31-26-21(15-18-13-19(27)8-10-22(18)29-26)25(16-5-3-2-4-6-16)28-20-9-11-23-17(14-20)7-12-24(30)32-23/h2-15,25-26,28-29H,1H3. The van der Waals surface area contributed by atoms with Gasteiger partial charge in [-0.1, -0.05) is 46.3 Å². The normalized spacial score (nSPS) is 16.1. The Kier molecular flexibility index (Phi) is 5.55. The Hall–Kier alpha value is -3.35. The number of fused-ring (bicyclic) bond motifs is 2. The smallest absolute Gasteiger partial charge is 0.336 e. The molecule has 32 heavy (non-hydrogen) atoms. The Bertz CT molecular complexity index is 1360. The second-order valence-electron chi connectivity index (χ2n) is 7.63. The molecule has 0 amide bonds. The van der Waals surface area contributed by atoms with Crippen molar-refractivity contribution in [2.45, 2.75) is 12.3 Å². The zero-order valence-corrected chi connectivity index (χ0v) is 18.9. The van der Waals surface area contributed by atoms with E-state index in [4.69, 9.17) is 9.15 Å². The summed E-state index contributed by atoms with van der Waals surface area (Å²) in [6, 6.07) is 25.2. The third-order valence-corrected chi connectivity index (χ3v) is 6.05. The molecule has 5 rings (SSSR count). The SMILES string of the molecule is COC1Nc2ccc(Br)cc2C=C1C(Nc1ccc2oc(=O)ccc2c1)c1ccccc1. The fourth-order valence-electron chi connectivity index (χ4n) is 4.03. The molecule has 5 nitrogen and oxygen atoms in total. The van der Waals surface area contributed by atoms with E-state index in [0.717, 1.165) is 37.9 Å². The molecule has 160 valence electrons. The topological polar surface area (TPSA) is 63.5 Å². The summed E-state index contributed by atoms with van der Waals surface area (Å²) in [5, 5.41) is 8.01. The molecule has 1 aromatic heterocycles. The van der Waals surface area contributed by atoms with E-state index in [-0.39, 0.29) is 17.9 Å². The number of methoxy groups -OCH3 is 1. The van der Waals surface area contributed by atoms with Crippen molar-refractivity contribution < 1.29 is 9.15 Å². The lowest BCUT2D eigenvalue weighted by atomic mass is 9.92. The fourth-order valence-corrected chi connectivity index (χ4v) is 4.41. The highest BCUT2D eigenvalue weighted by atomic mass is 79.9. The second kappa shape index (κ2) is 8.65. The van der Waals surface area contributed by atoms with E-state index in [0.29, 0.717) is 5.58 Å². The van der Waals surface area contributed by atoms with E-state index < -0.39 is 0 Å². The first-order chi connectivity index (χ1) is 15.6. The highest BCUT2D eigenvalue weighted by molar-refractivity contribution is 9.10. The van der Waals surface area contributed by atoms with Gasteiger partial charge in [0.2, 0.25) is 0 Å². The maximum atomic E-state index is 11.5. The van der Waals surface area contributed by atoms with Gasteiger partial charge >= 0.3 is 5.63 Å². The third kappa shape index (κ3) is 4.07. The number of nitrogens with one attached hydrogen (secondary N) is 2. The summed E-state index contributed by atoms with van der Waals surface area (Å²) in [6.45, 7) is 0. The third-order valence-electron chi connectivity index (χ3n) is 5.56. The quantitative estimate of drug-likeness (QED) is 0.328. The van der Waals surface area contributed by atoms with Gasteiger partial charge in [0, 0.05) is 40.0 Å². The molecular weight excluding hydrogens is 468 g/mol. The van der Waals surface area contributed by atoms with Gasteiger partial charge in [-0.3, -0.25) is 0 Å². The lowest BCUT2D eigenvalue weighted by Gasteiger charge is -2.33. The zero-order chi connectivity index (χ0) is 22.1. The first-order valence-electron chi connectivity index (χ1n) is 10.3. The van der Waals surface area contributed by atoms with E-state index >= 15 is 0 Å². The molecule has 6 heteroatoms. The van der Waals surface area contributed by atoms with Crippen molar-refractivity contribution in [1.29, 1.82) is 0 Å². The molecule has 2 heterocycles. The van der Waals surface area contributed by atoms with Crippen LogP contribution in [0.1, 0.15) is 17.2 Å². The van der Waals surface area contributed by atoms with Crippen molar-refractivity contribution in [3.8, 4) is 0 Å². The van der Waals surface area contributed by atoms with Crippen LogP contribution in [0.4, 0.5) is 11.4 Å². The molecule has 1 aliphatic rings. The lowest BCUT2D eigenvalue weighted by Crippen LogP contribution is -2.32. The van der Waals surface area contributed by atoms with Crippen molar-refractivity contribution in [3.63, 3.8) is 0 Å². The van der Waals surface area contributed by atoms with Gasteiger partial charge in [-0.05, 0) is 59.7 Å². The molecule has 2 unspecified atom stereocenters. The maximum Gasteiger partial charge on any atom is 0.336 e. The van der Waals surface area contributed by atoms with Crippen LogP contribution in [0.5, 0.6) is 0 Å². The van der Waals surface area contributed by atoms with Gasteiger partial charge in [0.05, 0.1) is 6.04 Å². The number of hydrogen-bond acceptors (Lipinski definition) is 5. The fraction of sp³-hybridized carbons (Fsp3) is 0.115. The summed E-state index contributed by atoms with van der Waals surface area (Å²) in [5.74, 6) is 0. The summed E-state index contributed by atoms with van der Waals surface area (Å²) in [4.78, 5) is 11.5.